The summed E-state index contributed by atoms with van der Waals surface area (Å²) in [5.74, 6) is 0. The monoisotopic (exact) mass is 213 g/mol. The van der Waals surface area contributed by atoms with Crippen LogP contribution >= 0.6 is 0 Å². The Morgan fingerprint density at radius 1 is 1.53 bits per heavy atom. The highest BCUT2D eigenvalue weighted by molar-refractivity contribution is 4.83. The Hall–Kier alpha value is -0.120. The fourth-order valence-corrected chi connectivity index (χ4v) is 2.38. The van der Waals surface area contributed by atoms with E-state index in [1.807, 2.05) is 0 Å². The molecule has 3 atom stereocenters. The standard InChI is InChI=1S/C12H27N3/c1-5-12(13)10(2)15(4)9-11-7-6-8-14(11)3/h10-12H,5-9,13H2,1-4H3. The summed E-state index contributed by atoms with van der Waals surface area (Å²) >= 11 is 0. The van der Waals surface area contributed by atoms with Crippen LogP contribution in [0.1, 0.15) is 33.1 Å². The van der Waals surface area contributed by atoms with E-state index in [1.165, 1.54) is 19.4 Å². The average molecular weight is 213 g/mol. The van der Waals surface area contributed by atoms with E-state index in [2.05, 4.69) is 37.7 Å². The first-order chi connectivity index (χ1) is 7.06. The maximum absolute atomic E-state index is 6.07. The third-order valence-electron chi connectivity index (χ3n) is 3.96. The minimum Gasteiger partial charge on any atom is -0.326 e. The Balaban J connectivity index is 2.37. The zero-order valence-corrected chi connectivity index (χ0v) is 10.7. The van der Waals surface area contributed by atoms with E-state index in [1.54, 1.807) is 0 Å². The molecule has 0 bridgehead atoms. The summed E-state index contributed by atoms with van der Waals surface area (Å²) in [6.45, 7) is 6.82. The van der Waals surface area contributed by atoms with Crippen LogP contribution in [0.2, 0.25) is 0 Å². The molecule has 15 heavy (non-hydrogen) atoms. The largest absolute Gasteiger partial charge is 0.326 e. The SMILES string of the molecule is CCC(N)C(C)N(C)CC1CCCN1C. The lowest BCUT2D eigenvalue weighted by atomic mass is 10.1. The average Bonchev–Trinajstić information content (AvgIpc) is 2.62. The Morgan fingerprint density at radius 2 is 2.20 bits per heavy atom. The van der Waals surface area contributed by atoms with Crippen molar-refractivity contribution in [1.82, 2.24) is 9.80 Å². The lowest BCUT2D eigenvalue weighted by Gasteiger charge is -2.33. The molecule has 3 nitrogen and oxygen atoms in total. The molecule has 2 N–H and O–H groups in total. The van der Waals surface area contributed by atoms with Gasteiger partial charge in [0.15, 0.2) is 0 Å². The van der Waals surface area contributed by atoms with Gasteiger partial charge in [0.1, 0.15) is 0 Å². The maximum Gasteiger partial charge on any atom is 0.0220 e. The summed E-state index contributed by atoms with van der Waals surface area (Å²) in [5.41, 5.74) is 6.07. The predicted octanol–water partition coefficient (Wildman–Crippen LogP) is 1.14. The van der Waals surface area contributed by atoms with Gasteiger partial charge in [0.05, 0.1) is 0 Å². The molecule has 1 heterocycles. The van der Waals surface area contributed by atoms with E-state index in [4.69, 9.17) is 5.73 Å². The number of likely N-dealkylation sites (tertiary alicyclic amines) is 1. The first-order valence-corrected chi connectivity index (χ1v) is 6.22. The van der Waals surface area contributed by atoms with Gasteiger partial charge in [0.25, 0.3) is 0 Å². The molecule has 3 heteroatoms. The molecule has 0 amide bonds. The van der Waals surface area contributed by atoms with E-state index in [0.717, 1.165) is 19.0 Å². The highest BCUT2D eigenvalue weighted by Gasteiger charge is 2.25. The van der Waals surface area contributed by atoms with Crippen LogP contribution in [0.15, 0.2) is 0 Å². The number of likely N-dealkylation sites (N-methyl/N-ethyl adjacent to an activating group) is 2. The number of nitrogens with two attached hydrogens (primary N) is 1. The zero-order valence-electron chi connectivity index (χ0n) is 10.7. The Bertz CT molecular complexity index is 184. The number of nitrogens with zero attached hydrogens (tertiary/aromatic N) is 2. The van der Waals surface area contributed by atoms with Gasteiger partial charge in [-0.25, -0.2) is 0 Å². The van der Waals surface area contributed by atoms with Crippen LogP contribution in [-0.2, 0) is 0 Å². The van der Waals surface area contributed by atoms with Crippen LogP contribution in [0.5, 0.6) is 0 Å². The topological polar surface area (TPSA) is 32.5 Å². The molecule has 3 unspecified atom stereocenters. The van der Waals surface area contributed by atoms with Crippen molar-refractivity contribution in [2.24, 2.45) is 5.73 Å². The molecule has 1 fully saturated rings. The molecule has 1 rings (SSSR count). The molecule has 0 aromatic carbocycles. The van der Waals surface area contributed by atoms with Gasteiger partial charge >= 0.3 is 0 Å². The highest BCUT2D eigenvalue weighted by Crippen LogP contribution is 2.16. The minimum atomic E-state index is 0.307. The molecular weight excluding hydrogens is 186 g/mol. The van der Waals surface area contributed by atoms with Crippen LogP contribution in [0.25, 0.3) is 0 Å². The highest BCUT2D eigenvalue weighted by atomic mass is 15.2. The minimum absolute atomic E-state index is 0.307. The van der Waals surface area contributed by atoms with Crippen molar-refractivity contribution in [2.45, 2.75) is 51.2 Å². The van der Waals surface area contributed by atoms with Crippen molar-refractivity contribution in [3.8, 4) is 0 Å². The van der Waals surface area contributed by atoms with E-state index in [9.17, 15) is 0 Å². The summed E-state index contributed by atoms with van der Waals surface area (Å²) in [7, 11) is 4.43. The Kier molecular flexibility index (Phi) is 5.03. The van der Waals surface area contributed by atoms with Crippen LogP contribution in [-0.4, -0.2) is 55.1 Å². The van der Waals surface area contributed by atoms with Gasteiger partial charge in [-0.2, -0.15) is 0 Å². The van der Waals surface area contributed by atoms with E-state index in [0.29, 0.717) is 12.1 Å². The first kappa shape index (κ1) is 12.9. The Labute approximate surface area is 94.6 Å². The summed E-state index contributed by atoms with van der Waals surface area (Å²) < 4.78 is 0. The van der Waals surface area contributed by atoms with Crippen molar-refractivity contribution in [3.63, 3.8) is 0 Å². The molecule has 1 saturated heterocycles. The second kappa shape index (κ2) is 5.83. The Morgan fingerprint density at radius 3 is 2.67 bits per heavy atom. The summed E-state index contributed by atoms with van der Waals surface area (Å²) in [4.78, 5) is 4.89. The van der Waals surface area contributed by atoms with Gasteiger partial charge in [-0.15, -0.1) is 0 Å². The van der Waals surface area contributed by atoms with Crippen LogP contribution in [0.3, 0.4) is 0 Å². The smallest absolute Gasteiger partial charge is 0.0220 e. The van der Waals surface area contributed by atoms with Gasteiger partial charge in [-0.3, -0.25) is 0 Å². The molecule has 0 aromatic rings. The molecule has 1 aliphatic rings. The van der Waals surface area contributed by atoms with Gasteiger partial charge < -0.3 is 15.5 Å². The lowest BCUT2D eigenvalue weighted by Crippen LogP contribution is -2.48. The number of hydrogen-bond donors (Lipinski definition) is 1. The van der Waals surface area contributed by atoms with Crippen LogP contribution in [0, 0.1) is 0 Å². The molecule has 0 radical (unpaired) electrons. The third-order valence-corrected chi connectivity index (χ3v) is 3.96. The van der Waals surface area contributed by atoms with Crippen molar-refractivity contribution in [1.29, 1.82) is 0 Å². The molecule has 0 aliphatic carbocycles. The number of hydrogen-bond acceptors (Lipinski definition) is 3. The van der Waals surface area contributed by atoms with Gasteiger partial charge in [-0.1, -0.05) is 6.92 Å². The van der Waals surface area contributed by atoms with Gasteiger partial charge in [0.2, 0.25) is 0 Å². The van der Waals surface area contributed by atoms with Crippen LogP contribution < -0.4 is 5.73 Å². The lowest BCUT2D eigenvalue weighted by molar-refractivity contribution is 0.167. The molecule has 0 spiro atoms. The van der Waals surface area contributed by atoms with Crippen molar-refractivity contribution < 1.29 is 0 Å². The summed E-state index contributed by atoms with van der Waals surface area (Å²) in [6.07, 6.45) is 3.75. The van der Waals surface area contributed by atoms with Crippen LogP contribution in [0.4, 0.5) is 0 Å². The van der Waals surface area contributed by atoms with E-state index >= 15 is 0 Å². The van der Waals surface area contributed by atoms with Crippen molar-refractivity contribution >= 4 is 0 Å². The normalized spacial score (nSPS) is 27.2. The molecule has 0 saturated carbocycles. The van der Waals surface area contributed by atoms with E-state index in [-0.39, 0.29) is 0 Å². The molecule has 90 valence electrons. The fourth-order valence-electron chi connectivity index (χ4n) is 2.38. The number of rotatable bonds is 5. The first-order valence-electron chi connectivity index (χ1n) is 6.22. The molecular formula is C12H27N3. The predicted molar refractivity (Wildman–Crippen MR) is 66.0 cm³/mol. The van der Waals surface area contributed by atoms with E-state index < -0.39 is 0 Å². The molecule has 1 aliphatic heterocycles. The molecule has 0 aromatic heterocycles. The van der Waals surface area contributed by atoms with Gasteiger partial charge in [0, 0.05) is 24.7 Å². The van der Waals surface area contributed by atoms with Crippen molar-refractivity contribution in [3.05, 3.63) is 0 Å². The quantitative estimate of drug-likeness (QED) is 0.743. The summed E-state index contributed by atoms with van der Waals surface area (Å²) in [5, 5.41) is 0. The second-order valence-corrected chi connectivity index (χ2v) is 5.03. The second-order valence-electron chi connectivity index (χ2n) is 5.03. The summed E-state index contributed by atoms with van der Waals surface area (Å²) in [6, 6.07) is 1.53. The maximum atomic E-state index is 6.07. The fraction of sp³-hybridized carbons (Fsp3) is 1.00. The zero-order chi connectivity index (χ0) is 11.4. The van der Waals surface area contributed by atoms with Gasteiger partial charge in [-0.05, 0) is 46.8 Å². The third kappa shape index (κ3) is 3.44. The van der Waals surface area contributed by atoms with Crippen molar-refractivity contribution in [2.75, 3.05) is 27.2 Å².